The molecular formula is C15H12FN3. The summed E-state index contributed by atoms with van der Waals surface area (Å²) in [7, 11) is 0. The Kier molecular flexibility index (Phi) is 2.83. The Hall–Kier alpha value is -2.49. The molecule has 2 aromatic carbocycles. The van der Waals surface area contributed by atoms with Crippen molar-refractivity contribution in [1.29, 1.82) is 0 Å². The normalized spacial score (nSPS) is 10.6. The molecule has 0 aliphatic heterocycles. The second kappa shape index (κ2) is 4.65. The van der Waals surface area contributed by atoms with Gasteiger partial charge in [0.05, 0.1) is 0 Å². The van der Waals surface area contributed by atoms with Gasteiger partial charge in [0.25, 0.3) is 0 Å². The molecular weight excluding hydrogens is 241 g/mol. The molecule has 0 radical (unpaired) electrons. The highest BCUT2D eigenvalue weighted by Crippen LogP contribution is 2.21. The molecule has 0 amide bonds. The van der Waals surface area contributed by atoms with Crippen LogP contribution in [0.4, 0.5) is 4.39 Å². The minimum absolute atomic E-state index is 0.286. The van der Waals surface area contributed by atoms with Crippen LogP contribution in [-0.4, -0.2) is 15.2 Å². The predicted octanol–water partition coefficient (Wildman–Crippen LogP) is 3.59. The maximum Gasteiger partial charge on any atom is 0.181 e. The zero-order chi connectivity index (χ0) is 13.2. The number of rotatable bonds is 2. The molecule has 3 aromatic rings. The number of aryl methyl sites for hydroxylation is 1. The first kappa shape index (κ1) is 11.6. The summed E-state index contributed by atoms with van der Waals surface area (Å²) < 4.78 is 13.2. The van der Waals surface area contributed by atoms with Crippen molar-refractivity contribution in [3.63, 3.8) is 0 Å². The van der Waals surface area contributed by atoms with Crippen LogP contribution in [-0.2, 0) is 0 Å². The summed E-state index contributed by atoms with van der Waals surface area (Å²) in [6, 6.07) is 14.2. The van der Waals surface area contributed by atoms with Gasteiger partial charge in [-0.15, -0.1) is 0 Å². The van der Waals surface area contributed by atoms with Crippen LogP contribution < -0.4 is 0 Å². The molecule has 1 N–H and O–H groups in total. The number of hydrogen-bond donors (Lipinski definition) is 1. The third kappa shape index (κ3) is 2.38. The average Bonchev–Trinajstić information content (AvgIpc) is 2.88. The Balaban J connectivity index is 2.00. The van der Waals surface area contributed by atoms with Crippen molar-refractivity contribution < 1.29 is 4.39 Å². The second-order valence-corrected chi connectivity index (χ2v) is 4.39. The summed E-state index contributed by atoms with van der Waals surface area (Å²) >= 11 is 0. The van der Waals surface area contributed by atoms with E-state index in [9.17, 15) is 4.39 Å². The third-order valence-corrected chi connectivity index (χ3v) is 2.86. The molecule has 0 bridgehead atoms. The number of benzene rings is 2. The molecule has 0 aliphatic rings. The first-order chi connectivity index (χ1) is 9.22. The molecule has 0 atom stereocenters. The molecule has 4 heteroatoms. The Morgan fingerprint density at radius 1 is 1.00 bits per heavy atom. The molecule has 3 rings (SSSR count). The van der Waals surface area contributed by atoms with E-state index in [-0.39, 0.29) is 5.82 Å². The van der Waals surface area contributed by atoms with E-state index in [4.69, 9.17) is 0 Å². The van der Waals surface area contributed by atoms with Gasteiger partial charge in [-0.05, 0) is 25.1 Å². The van der Waals surface area contributed by atoms with Crippen LogP contribution >= 0.6 is 0 Å². The van der Waals surface area contributed by atoms with E-state index in [0.29, 0.717) is 17.2 Å². The lowest BCUT2D eigenvalue weighted by Gasteiger charge is -1.97. The van der Waals surface area contributed by atoms with E-state index in [1.165, 1.54) is 12.1 Å². The van der Waals surface area contributed by atoms with Crippen molar-refractivity contribution >= 4 is 0 Å². The number of aromatic nitrogens is 3. The van der Waals surface area contributed by atoms with E-state index in [2.05, 4.69) is 15.2 Å². The van der Waals surface area contributed by atoms with Gasteiger partial charge in [0.2, 0.25) is 0 Å². The quantitative estimate of drug-likeness (QED) is 0.758. The summed E-state index contributed by atoms with van der Waals surface area (Å²) in [6.45, 7) is 2.02. The topological polar surface area (TPSA) is 41.6 Å². The van der Waals surface area contributed by atoms with Crippen molar-refractivity contribution in [2.45, 2.75) is 6.92 Å². The second-order valence-electron chi connectivity index (χ2n) is 4.39. The Morgan fingerprint density at radius 2 is 1.79 bits per heavy atom. The fraction of sp³-hybridized carbons (Fsp3) is 0.0667. The lowest BCUT2D eigenvalue weighted by atomic mass is 10.1. The SMILES string of the molecule is Cc1cccc(-c2n[nH]c(-c3cccc(F)c3)n2)c1. The molecule has 1 heterocycles. The van der Waals surface area contributed by atoms with Gasteiger partial charge in [0.1, 0.15) is 5.82 Å². The van der Waals surface area contributed by atoms with Gasteiger partial charge in [-0.25, -0.2) is 9.37 Å². The number of nitrogens with one attached hydrogen (secondary N) is 1. The monoisotopic (exact) mass is 253 g/mol. The maximum absolute atomic E-state index is 13.2. The highest BCUT2D eigenvalue weighted by Gasteiger charge is 2.08. The highest BCUT2D eigenvalue weighted by atomic mass is 19.1. The van der Waals surface area contributed by atoms with Gasteiger partial charge in [-0.1, -0.05) is 35.9 Å². The zero-order valence-electron chi connectivity index (χ0n) is 10.4. The molecule has 1 aromatic heterocycles. The molecule has 0 spiro atoms. The van der Waals surface area contributed by atoms with Crippen molar-refractivity contribution in [2.75, 3.05) is 0 Å². The molecule has 19 heavy (non-hydrogen) atoms. The summed E-state index contributed by atoms with van der Waals surface area (Å²) in [6.07, 6.45) is 0. The number of aromatic amines is 1. The Labute approximate surface area is 110 Å². The van der Waals surface area contributed by atoms with Crippen molar-refractivity contribution in [2.24, 2.45) is 0 Å². The smallest absolute Gasteiger partial charge is 0.181 e. The van der Waals surface area contributed by atoms with Gasteiger partial charge >= 0.3 is 0 Å². The standard InChI is InChI=1S/C15H12FN3/c1-10-4-2-5-11(8-10)14-17-15(19-18-14)12-6-3-7-13(16)9-12/h2-9H,1H3,(H,17,18,19). The molecule has 3 nitrogen and oxygen atoms in total. The van der Waals surface area contributed by atoms with E-state index >= 15 is 0 Å². The molecule has 94 valence electrons. The van der Waals surface area contributed by atoms with Crippen LogP contribution in [0, 0.1) is 12.7 Å². The van der Waals surface area contributed by atoms with E-state index in [0.717, 1.165) is 11.1 Å². The van der Waals surface area contributed by atoms with E-state index in [1.54, 1.807) is 12.1 Å². The third-order valence-electron chi connectivity index (χ3n) is 2.86. The summed E-state index contributed by atoms with van der Waals surface area (Å²) in [5.41, 5.74) is 2.78. The fourth-order valence-corrected chi connectivity index (χ4v) is 1.94. The highest BCUT2D eigenvalue weighted by molar-refractivity contribution is 5.61. The lowest BCUT2D eigenvalue weighted by Crippen LogP contribution is -1.83. The van der Waals surface area contributed by atoms with Crippen LogP contribution in [0.5, 0.6) is 0 Å². The Bertz CT molecular complexity index is 659. The van der Waals surface area contributed by atoms with Crippen LogP contribution in [0.25, 0.3) is 22.8 Å². The first-order valence-corrected chi connectivity index (χ1v) is 5.98. The van der Waals surface area contributed by atoms with Crippen molar-refractivity contribution in [3.05, 3.63) is 59.9 Å². The number of halogens is 1. The first-order valence-electron chi connectivity index (χ1n) is 5.98. The van der Waals surface area contributed by atoms with E-state index < -0.39 is 0 Å². The largest absolute Gasteiger partial charge is 0.259 e. The van der Waals surface area contributed by atoms with Gasteiger partial charge in [-0.2, -0.15) is 5.10 Å². The minimum atomic E-state index is -0.286. The van der Waals surface area contributed by atoms with Crippen LogP contribution in [0.15, 0.2) is 48.5 Å². The zero-order valence-corrected chi connectivity index (χ0v) is 10.4. The molecule has 0 aliphatic carbocycles. The van der Waals surface area contributed by atoms with Gasteiger partial charge in [0.15, 0.2) is 11.6 Å². The molecule has 0 saturated carbocycles. The summed E-state index contributed by atoms with van der Waals surface area (Å²) in [4.78, 5) is 4.40. The lowest BCUT2D eigenvalue weighted by molar-refractivity contribution is 0.628. The summed E-state index contributed by atoms with van der Waals surface area (Å²) in [5.74, 6) is 0.893. The Morgan fingerprint density at radius 3 is 2.58 bits per heavy atom. The van der Waals surface area contributed by atoms with Gasteiger partial charge < -0.3 is 0 Å². The summed E-state index contributed by atoms with van der Waals surface area (Å²) in [5, 5.41) is 7.01. The van der Waals surface area contributed by atoms with Crippen molar-refractivity contribution in [3.8, 4) is 22.8 Å². The van der Waals surface area contributed by atoms with Gasteiger partial charge in [0, 0.05) is 11.1 Å². The fourth-order valence-electron chi connectivity index (χ4n) is 1.94. The van der Waals surface area contributed by atoms with E-state index in [1.807, 2.05) is 31.2 Å². The predicted molar refractivity (Wildman–Crippen MR) is 71.9 cm³/mol. The molecule has 0 unspecified atom stereocenters. The van der Waals surface area contributed by atoms with Crippen LogP contribution in [0.1, 0.15) is 5.56 Å². The van der Waals surface area contributed by atoms with Crippen LogP contribution in [0.3, 0.4) is 0 Å². The number of H-pyrrole nitrogens is 1. The molecule has 0 fully saturated rings. The van der Waals surface area contributed by atoms with Crippen molar-refractivity contribution in [1.82, 2.24) is 15.2 Å². The maximum atomic E-state index is 13.2. The van der Waals surface area contributed by atoms with Crippen LogP contribution in [0.2, 0.25) is 0 Å². The molecule has 0 saturated heterocycles. The minimum Gasteiger partial charge on any atom is -0.259 e. The van der Waals surface area contributed by atoms with Gasteiger partial charge in [-0.3, -0.25) is 5.10 Å². The average molecular weight is 253 g/mol. The number of hydrogen-bond acceptors (Lipinski definition) is 2. The number of nitrogens with zero attached hydrogens (tertiary/aromatic N) is 2.